The lowest BCUT2D eigenvalue weighted by Gasteiger charge is -2.40. The van der Waals surface area contributed by atoms with E-state index in [2.05, 4.69) is 0 Å². The topological polar surface area (TPSA) is 116 Å². The quantitative estimate of drug-likeness (QED) is 0.207. The van der Waals surface area contributed by atoms with Gasteiger partial charge in [0.05, 0.1) is 31.7 Å². The van der Waals surface area contributed by atoms with Crippen LogP contribution in [0.15, 0.2) is 23.3 Å². The Labute approximate surface area is 165 Å². The summed E-state index contributed by atoms with van der Waals surface area (Å²) < 4.78 is 9.94. The first kappa shape index (κ1) is 22.5. The summed E-state index contributed by atoms with van der Waals surface area (Å²) in [7, 11) is 0. The van der Waals surface area contributed by atoms with Gasteiger partial charge in [-0.15, -0.1) is 0 Å². The van der Waals surface area contributed by atoms with E-state index in [4.69, 9.17) is 9.47 Å². The van der Waals surface area contributed by atoms with Crippen LogP contribution in [-0.4, -0.2) is 71.4 Å². The minimum atomic E-state index is -1.05. The van der Waals surface area contributed by atoms with Crippen LogP contribution in [0.25, 0.3) is 0 Å². The molecule has 8 nitrogen and oxygen atoms in total. The van der Waals surface area contributed by atoms with Crippen LogP contribution >= 0.6 is 0 Å². The molecule has 2 heterocycles. The van der Waals surface area contributed by atoms with Crippen molar-refractivity contribution in [1.82, 2.24) is 0 Å². The van der Waals surface area contributed by atoms with Gasteiger partial charge in [0.15, 0.2) is 0 Å². The third-order valence-electron chi connectivity index (χ3n) is 5.80. The standard InChI is InChI=1S/C20H31NO7/c1-5-12(2)19(24)27-10-13(3)18(23)14(4)20(25)28-11-15-6-8-21(26)9-7-16(22)17(15)21/h5-6,13-14,16-18,22-23H,7-11H2,1-4H3. The summed E-state index contributed by atoms with van der Waals surface area (Å²) in [5.74, 6) is -2.33. The van der Waals surface area contributed by atoms with Crippen LogP contribution in [0.5, 0.6) is 0 Å². The van der Waals surface area contributed by atoms with Gasteiger partial charge in [0.2, 0.25) is 0 Å². The summed E-state index contributed by atoms with van der Waals surface area (Å²) in [6, 6.07) is -0.568. The van der Waals surface area contributed by atoms with E-state index in [1.165, 1.54) is 0 Å². The molecule has 2 aliphatic heterocycles. The fourth-order valence-corrected chi connectivity index (χ4v) is 3.71. The van der Waals surface area contributed by atoms with Crippen LogP contribution in [0.4, 0.5) is 0 Å². The number of quaternary nitrogens is 1. The van der Waals surface area contributed by atoms with Crippen molar-refractivity contribution in [2.24, 2.45) is 11.8 Å². The predicted octanol–water partition coefficient (Wildman–Crippen LogP) is 1.06. The molecule has 0 aromatic carbocycles. The molecule has 2 aliphatic rings. The molecule has 28 heavy (non-hydrogen) atoms. The van der Waals surface area contributed by atoms with E-state index in [1.54, 1.807) is 39.8 Å². The molecule has 2 rings (SSSR count). The normalized spacial score (nSPS) is 30.2. The number of aliphatic hydroxyl groups excluding tert-OH is 2. The van der Waals surface area contributed by atoms with Crippen LogP contribution in [0, 0.1) is 17.0 Å². The van der Waals surface area contributed by atoms with Crippen molar-refractivity contribution in [3.8, 4) is 0 Å². The Morgan fingerprint density at radius 2 is 2.07 bits per heavy atom. The molecule has 8 heteroatoms. The van der Waals surface area contributed by atoms with Crippen molar-refractivity contribution in [3.63, 3.8) is 0 Å². The van der Waals surface area contributed by atoms with E-state index in [9.17, 15) is 25.0 Å². The number of esters is 2. The van der Waals surface area contributed by atoms with Gasteiger partial charge in [-0.25, -0.2) is 4.79 Å². The molecule has 0 saturated carbocycles. The molecule has 6 atom stereocenters. The van der Waals surface area contributed by atoms with Gasteiger partial charge < -0.3 is 29.5 Å². The van der Waals surface area contributed by atoms with E-state index < -0.39 is 46.7 Å². The number of hydrogen-bond acceptors (Lipinski definition) is 7. The summed E-state index contributed by atoms with van der Waals surface area (Å²) >= 11 is 0. The van der Waals surface area contributed by atoms with E-state index >= 15 is 0 Å². The number of fused-ring (bicyclic) bond motifs is 1. The van der Waals surface area contributed by atoms with E-state index in [0.29, 0.717) is 24.1 Å². The molecule has 0 radical (unpaired) electrons. The zero-order valence-corrected chi connectivity index (χ0v) is 17.0. The summed E-state index contributed by atoms with van der Waals surface area (Å²) in [6.07, 6.45) is 2.05. The van der Waals surface area contributed by atoms with Crippen LogP contribution in [0.1, 0.15) is 34.1 Å². The molecule has 0 bridgehead atoms. The summed E-state index contributed by atoms with van der Waals surface area (Å²) in [4.78, 5) is 24.0. The summed E-state index contributed by atoms with van der Waals surface area (Å²) in [6.45, 7) is 7.15. The van der Waals surface area contributed by atoms with Gasteiger partial charge in [-0.3, -0.25) is 4.79 Å². The van der Waals surface area contributed by atoms with Gasteiger partial charge in [-0.1, -0.05) is 13.0 Å². The Bertz CT molecular complexity index is 659. The molecule has 1 fully saturated rings. The largest absolute Gasteiger partial charge is 0.632 e. The van der Waals surface area contributed by atoms with Gasteiger partial charge in [0.25, 0.3) is 0 Å². The van der Waals surface area contributed by atoms with Crippen molar-refractivity contribution in [1.29, 1.82) is 0 Å². The third kappa shape index (κ3) is 4.81. The highest BCUT2D eigenvalue weighted by Gasteiger charge is 2.47. The second kappa shape index (κ2) is 9.17. The molecule has 0 aromatic heterocycles. The SMILES string of the molecule is CC=C(C)C(=O)OCC(C)C(O)C(C)C(=O)OCC1=CC[N+]2([O-])CCC(O)C12. The van der Waals surface area contributed by atoms with Crippen molar-refractivity contribution in [2.45, 2.75) is 52.4 Å². The maximum atomic E-state index is 12.6. The number of aliphatic hydroxyl groups is 2. The zero-order valence-electron chi connectivity index (χ0n) is 17.0. The summed E-state index contributed by atoms with van der Waals surface area (Å²) in [5.41, 5.74) is 1.11. The maximum Gasteiger partial charge on any atom is 0.333 e. The van der Waals surface area contributed by atoms with E-state index in [0.717, 1.165) is 0 Å². The first-order valence-corrected chi connectivity index (χ1v) is 9.70. The fourth-order valence-electron chi connectivity index (χ4n) is 3.71. The molecule has 0 spiro atoms. The molecule has 2 N–H and O–H groups in total. The van der Waals surface area contributed by atoms with Gasteiger partial charge in [0, 0.05) is 23.5 Å². The molecule has 0 amide bonds. The fraction of sp³-hybridized carbons (Fsp3) is 0.700. The highest BCUT2D eigenvalue weighted by molar-refractivity contribution is 5.87. The van der Waals surface area contributed by atoms with Crippen LogP contribution in [0.3, 0.4) is 0 Å². The number of hydrogen-bond donors (Lipinski definition) is 2. The Morgan fingerprint density at radius 1 is 1.39 bits per heavy atom. The second-order valence-electron chi connectivity index (χ2n) is 7.87. The Balaban J connectivity index is 1.82. The molecular weight excluding hydrogens is 366 g/mol. The van der Waals surface area contributed by atoms with Crippen molar-refractivity contribution in [3.05, 3.63) is 28.5 Å². The number of ether oxygens (including phenoxy) is 2. The monoisotopic (exact) mass is 397 g/mol. The molecule has 0 aromatic rings. The van der Waals surface area contributed by atoms with Crippen LogP contribution in [0.2, 0.25) is 0 Å². The highest BCUT2D eigenvalue weighted by atomic mass is 16.6. The van der Waals surface area contributed by atoms with Crippen LogP contribution in [-0.2, 0) is 19.1 Å². The lowest BCUT2D eigenvalue weighted by atomic mass is 9.94. The van der Waals surface area contributed by atoms with Crippen molar-refractivity contribution < 1.29 is 33.9 Å². The first-order valence-electron chi connectivity index (χ1n) is 9.70. The first-order chi connectivity index (χ1) is 13.1. The van der Waals surface area contributed by atoms with Gasteiger partial charge in [-0.05, 0) is 26.8 Å². The molecular formula is C20H31NO7. The molecule has 1 saturated heterocycles. The van der Waals surface area contributed by atoms with Crippen molar-refractivity contribution in [2.75, 3.05) is 26.3 Å². The smallest absolute Gasteiger partial charge is 0.333 e. The summed E-state index contributed by atoms with van der Waals surface area (Å²) in [5, 5.41) is 33.0. The molecule has 0 aliphatic carbocycles. The number of allylic oxidation sites excluding steroid dienone is 1. The lowest BCUT2D eigenvalue weighted by molar-refractivity contribution is -0.877. The van der Waals surface area contributed by atoms with Gasteiger partial charge >= 0.3 is 11.9 Å². The highest BCUT2D eigenvalue weighted by Crippen LogP contribution is 2.36. The number of carbonyl (C=O) groups is 2. The van der Waals surface area contributed by atoms with Gasteiger partial charge in [-0.2, -0.15) is 0 Å². The second-order valence-corrected chi connectivity index (χ2v) is 7.87. The minimum Gasteiger partial charge on any atom is -0.632 e. The van der Waals surface area contributed by atoms with Gasteiger partial charge in [0.1, 0.15) is 18.8 Å². The third-order valence-corrected chi connectivity index (χ3v) is 5.80. The van der Waals surface area contributed by atoms with E-state index in [1.807, 2.05) is 0 Å². The van der Waals surface area contributed by atoms with Crippen LogP contribution < -0.4 is 0 Å². The molecule has 158 valence electrons. The number of hydroxylamine groups is 3. The minimum absolute atomic E-state index is 0.0155. The average Bonchev–Trinajstić information content (AvgIpc) is 3.17. The molecule has 6 unspecified atom stereocenters. The number of nitrogens with zero attached hydrogens (tertiary/aromatic N) is 1. The van der Waals surface area contributed by atoms with Crippen molar-refractivity contribution >= 4 is 11.9 Å². The number of carbonyl (C=O) groups excluding carboxylic acids is 2. The maximum absolute atomic E-state index is 12.6. The van der Waals surface area contributed by atoms with E-state index in [-0.39, 0.29) is 19.8 Å². The Kier molecular flexibility index (Phi) is 7.39. The Morgan fingerprint density at radius 3 is 2.71 bits per heavy atom. The zero-order chi connectivity index (χ0) is 21.1. The lowest BCUT2D eigenvalue weighted by Crippen LogP contribution is -2.46. The number of rotatable bonds is 8. The average molecular weight is 397 g/mol. The predicted molar refractivity (Wildman–Crippen MR) is 102 cm³/mol. The Hall–Kier alpha value is -1.74.